The van der Waals surface area contributed by atoms with Gasteiger partial charge in [-0.25, -0.2) is 0 Å². The molecule has 6 rings (SSSR count). The first kappa shape index (κ1) is 41.4. The number of hydrogen-bond acceptors (Lipinski definition) is 4. The maximum atomic E-state index is 14.3. The number of ketones is 1. The molecule has 3 aliphatic rings. The van der Waals surface area contributed by atoms with Crippen molar-refractivity contribution in [3.8, 4) is 0 Å². The summed E-state index contributed by atoms with van der Waals surface area (Å²) in [6, 6.07) is 0. The predicted octanol–water partition coefficient (Wildman–Crippen LogP) is 7.23. The summed E-state index contributed by atoms with van der Waals surface area (Å²) in [4.78, 5) is 43.0. The molecule has 1 saturated heterocycles. The number of allylic oxidation sites excluding steroid dienone is 3. The van der Waals surface area contributed by atoms with Gasteiger partial charge in [0.1, 0.15) is 5.92 Å². The molecule has 0 aromatic carbocycles. The molecule has 2 aliphatic heterocycles. The van der Waals surface area contributed by atoms with E-state index in [4.69, 9.17) is 29.7 Å². The number of carbonyl (C=O) groups excluding carboxylic acids is 2. The van der Waals surface area contributed by atoms with Crippen LogP contribution in [0.25, 0.3) is 35.2 Å². The second-order valence-electron chi connectivity index (χ2n) is 15.3. The van der Waals surface area contributed by atoms with Gasteiger partial charge < -0.3 is 29.7 Å². The number of hydrogen-bond donors (Lipinski definition) is 0. The molecule has 3 atom stereocenters. The normalized spacial score (nSPS) is 22.6. The van der Waals surface area contributed by atoms with Gasteiger partial charge in [0.15, 0.2) is 5.78 Å². The van der Waals surface area contributed by atoms with Gasteiger partial charge in [-0.2, -0.15) is 11.4 Å². The van der Waals surface area contributed by atoms with E-state index in [-0.39, 0.29) is 40.7 Å². The Morgan fingerprint density at radius 3 is 2.39 bits per heavy atom. The van der Waals surface area contributed by atoms with E-state index in [0.29, 0.717) is 35.7 Å². The summed E-state index contributed by atoms with van der Waals surface area (Å²) < 4.78 is 11.4. The van der Waals surface area contributed by atoms with Crippen molar-refractivity contribution in [2.24, 2.45) is 23.7 Å². The van der Waals surface area contributed by atoms with E-state index in [9.17, 15) is 9.59 Å². The third-order valence-electron chi connectivity index (χ3n) is 11.5. The van der Waals surface area contributed by atoms with Crippen LogP contribution in [0.5, 0.6) is 0 Å². The molecule has 8 bridgehead atoms. The molecule has 3 aromatic rings. The molecule has 1 aliphatic carbocycles. The summed E-state index contributed by atoms with van der Waals surface area (Å²) in [5.74, 6) is -1.38. The fourth-order valence-corrected chi connectivity index (χ4v) is 8.23. The zero-order valence-corrected chi connectivity index (χ0v) is 35.1. The third kappa shape index (κ3) is 7.82. The van der Waals surface area contributed by atoms with Crippen LogP contribution in [0, 0.1) is 44.4 Å². The molecule has 0 saturated carbocycles. The van der Waals surface area contributed by atoms with Gasteiger partial charge in [0, 0.05) is 12.2 Å². The Bertz CT molecular complexity index is 2150. The third-order valence-corrected chi connectivity index (χ3v) is 11.5. The average Bonchev–Trinajstić information content (AvgIpc) is 3.86. The number of aromatic nitrogens is 3. The van der Waals surface area contributed by atoms with E-state index in [0.717, 1.165) is 92.9 Å². The van der Waals surface area contributed by atoms with E-state index in [1.165, 1.54) is 25.5 Å². The Kier molecular flexibility index (Phi) is 13.3. The minimum Gasteiger partial charge on any atom is -0.664 e. The number of nitrogens with zero attached hydrogens (tertiary/aromatic N) is 4. The molecule has 3 aromatic heterocycles. The second kappa shape index (κ2) is 17.3. The summed E-state index contributed by atoms with van der Waals surface area (Å²) in [5.41, 5.74) is 11.7. The first-order valence-electron chi connectivity index (χ1n) is 19.3. The zero-order chi connectivity index (χ0) is 38.1. The molecule has 1 fully saturated rings. The zero-order valence-electron chi connectivity index (χ0n) is 33.7. The minimum atomic E-state index is -1.12. The summed E-state index contributed by atoms with van der Waals surface area (Å²) in [6.45, 7) is 22.4. The Balaban J connectivity index is 0.00000561. The van der Waals surface area contributed by atoms with Gasteiger partial charge in [-0.15, -0.1) is 33.5 Å². The smallest absolute Gasteiger partial charge is 0.664 e. The quantitative estimate of drug-likeness (QED) is 0.0599. The number of carbonyl (C=O) groups is 2. The van der Waals surface area contributed by atoms with Crippen LogP contribution in [0.4, 0.5) is 0 Å². The molecular formula is C45H54MgN4O4-2. The van der Waals surface area contributed by atoms with Crippen molar-refractivity contribution in [2.45, 2.75) is 93.9 Å². The van der Waals surface area contributed by atoms with Gasteiger partial charge >= 0.3 is 29.0 Å². The van der Waals surface area contributed by atoms with Crippen LogP contribution >= 0.6 is 0 Å². The number of rotatable bonds is 13. The van der Waals surface area contributed by atoms with Crippen LogP contribution in [0.1, 0.15) is 128 Å². The first-order valence-corrected chi connectivity index (χ1v) is 19.3. The van der Waals surface area contributed by atoms with Gasteiger partial charge in [-0.3, -0.25) is 9.59 Å². The Hall–Kier alpha value is -3.79. The standard InChI is InChI=1S/C45H55N4O4.Mg/c1-11-30-26(6)33-21-35-28(8)32(17-14-19-53-20-18-25(5)16-13-15-24(3)4)42(48-35)40-41(45(51)52-10)44(50)39-29(9)36(49-43(39)40)23-38-31(12-2)27(7)34(47-38)22-37(30)46-33;/h11,18,21-24,28,32,41H,1,12-17,19-20H2,2-10H3,(H-,48,49,50);/q-3;+2/p-1/b25-18+,34-22-,35-21-,38-23-;/t28-,32-,41+;/m0./s1. The number of Topliss-reactive ketones (excluding diaryl/α,β-unsaturated/α-hetero) is 1. The van der Waals surface area contributed by atoms with E-state index >= 15 is 0 Å². The largest absolute Gasteiger partial charge is 2.00 e. The maximum Gasteiger partial charge on any atom is 2.00 e. The van der Waals surface area contributed by atoms with Crippen molar-refractivity contribution >= 4 is 64.7 Å². The van der Waals surface area contributed by atoms with Crippen LogP contribution in [0.3, 0.4) is 0 Å². The van der Waals surface area contributed by atoms with Crippen LogP contribution < -0.4 is 25.7 Å². The number of ether oxygens (including phenoxy) is 2. The molecule has 0 unspecified atom stereocenters. The molecular weight excluding hydrogens is 685 g/mol. The summed E-state index contributed by atoms with van der Waals surface area (Å²) in [7, 11) is 1.33. The predicted molar refractivity (Wildman–Crippen MR) is 218 cm³/mol. The van der Waals surface area contributed by atoms with Gasteiger partial charge in [0.25, 0.3) is 0 Å². The van der Waals surface area contributed by atoms with Gasteiger partial charge in [0.2, 0.25) is 0 Å². The number of esters is 1. The molecule has 0 N–H and O–H groups in total. The van der Waals surface area contributed by atoms with Crippen LogP contribution in [-0.2, 0) is 20.7 Å². The minimum absolute atomic E-state index is 0. The van der Waals surface area contributed by atoms with Crippen molar-refractivity contribution in [1.29, 1.82) is 0 Å². The van der Waals surface area contributed by atoms with Gasteiger partial charge in [0.05, 0.1) is 13.7 Å². The van der Waals surface area contributed by atoms with Crippen molar-refractivity contribution in [3.63, 3.8) is 0 Å². The van der Waals surface area contributed by atoms with E-state index in [1.807, 2.05) is 25.2 Å². The maximum absolute atomic E-state index is 14.3. The SMILES string of the molecule is C=Cc1c2[n-]c(c1C)/C=C1\[N-]/C(=C3\c4[n-]c(c(C)c4C(=O)[C@@H]3C(=O)OC)/C=c3\[n-]/c(c(C)c3CC)=C\2)[C@@H](CCCOC/C=C(\C)CCCC(C)C)[C@@H]1C.[Mg+2]. The van der Waals surface area contributed by atoms with Crippen molar-refractivity contribution in [2.75, 3.05) is 20.3 Å². The van der Waals surface area contributed by atoms with Crippen LogP contribution in [0.2, 0.25) is 0 Å². The first-order chi connectivity index (χ1) is 25.4. The van der Waals surface area contributed by atoms with Crippen molar-refractivity contribution in [3.05, 3.63) is 102 Å². The fourth-order valence-electron chi connectivity index (χ4n) is 8.23. The molecule has 0 radical (unpaired) electrons. The van der Waals surface area contributed by atoms with E-state index < -0.39 is 11.9 Å². The molecule has 5 heterocycles. The van der Waals surface area contributed by atoms with Crippen LogP contribution in [-0.4, -0.2) is 55.1 Å². The molecule has 8 nitrogen and oxygen atoms in total. The molecule has 0 amide bonds. The Labute approximate surface area is 336 Å². The Morgan fingerprint density at radius 1 is 0.981 bits per heavy atom. The topological polar surface area (TPSA) is 109 Å². The molecule has 282 valence electrons. The van der Waals surface area contributed by atoms with Crippen LogP contribution in [0.15, 0.2) is 29.6 Å². The fraction of sp³-hybridized carbons (Fsp3) is 0.467. The van der Waals surface area contributed by atoms with E-state index in [2.05, 4.69) is 67.2 Å². The summed E-state index contributed by atoms with van der Waals surface area (Å²) >= 11 is 0. The summed E-state index contributed by atoms with van der Waals surface area (Å²) in [5, 5.41) is 6.95. The molecule has 54 heavy (non-hydrogen) atoms. The van der Waals surface area contributed by atoms with E-state index in [1.54, 1.807) is 0 Å². The average molecular weight is 739 g/mol. The Morgan fingerprint density at radius 2 is 1.70 bits per heavy atom. The molecule has 9 heteroatoms. The van der Waals surface area contributed by atoms with Crippen molar-refractivity contribution in [1.82, 2.24) is 15.0 Å². The number of fused-ring (bicyclic) bond motifs is 7. The second-order valence-corrected chi connectivity index (χ2v) is 15.3. The van der Waals surface area contributed by atoms with Crippen molar-refractivity contribution < 1.29 is 19.1 Å². The summed E-state index contributed by atoms with van der Waals surface area (Å²) in [6.07, 6.45) is 16.0. The number of methoxy groups -OCH3 is 1. The molecule has 0 spiro atoms. The van der Waals surface area contributed by atoms with Gasteiger partial charge in [-0.05, 0) is 83.1 Å². The monoisotopic (exact) mass is 738 g/mol. The van der Waals surface area contributed by atoms with Gasteiger partial charge in [-0.1, -0.05) is 104 Å².